The number of halogens is 3. The van der Waals surface area contributed by atoms with Gasteiger partial charge in [-0.15, -0.1) is 0 Å². The number of benzene rings is 3. The van der Waals surface area contributed by atoms with Crippen molar-refractivity contribution in [1.82, 2.24) is 4.90 Å². The summed E-state index contributed by atoms with van der Waals surface area (Å²) >= 11 is 0. The standard InChI is InChI=1S/C27H26F3NO/c28-20-5-1-18(2-6-20)25-17-23-11-14-26(27(25)19-3-7-21(29)8-4-19)31(23)15-16-32-24-12-9-22(30)10-13-24/h1-10,12-13,23,25-27H,11,14-17H2/t23-,25-,26+,27-/m0/s1. The second-order valence-corrected chi connectivity index (χ2v) is 8.81. The van der Waals surface area contributed by atoms with Crippen LogP contribution in [0.4, 0.5) is 13.2 Å². The average Bonchev–Trinajstić information content (AvgIpc) is 3.07. The van der Waals surface area contributed by atoms with Gasteiger partial charge in [0.1, 0.15) is 29.8 Å². The summed E-state index contributed by atoms with van der Waals surface area (Å²) in [6.45, 7) is 1.30. The molecule has 2 aliphatic rings. The van der Waals surface area contributed by atoms with E-state index in [1.807, 2.05) is 24.3 Å². The van der Waals surface area contributed by atoms with E-state index in [0.29, 0.717) is 24.4 Å². The summed E-state index contributed by atoms with van der Waals surface area (Å²) in [5.41, 5.74) is 2.26. The lowest BCUT2D eigenvalue weighted by molar-refractivity contribution is 0.0881. The zero-order chi connectivity index (χ0) is 22.1. The Labute approximate surface area is 186 Å². The maximum Gasteiger partial charge on any atom is 0.123 e. The molecule has 2 heterocycles. The highest BCUT2D eigenvalue weighted by atomic mass is 19.1. The monoisotopic (exact) mass is 437 g/mol. The molecule has 0 unspecified atom stereocenters. The van der Waals surface area contributed by atoms with Gasteiger partial charge in [-0.2, -0.15) is 0 Å². The zero-order valence-corrected chi connectivity index (χ0v) is 17.8. The number of hydrogen-bond donors (Lipinski definition) is 0. The average molecular weight is 438 g/mol. The molecule has 2 nitrogen and oxygen atoms in total. The Kier molecular flexibility index (Phi) is 5.92. The summed E-state index contributed by atoms with van der Waals surface area (Å²) in [6.07, 6.45) is 3.15. The van der Waals surface area contributed by atoms with E-state index in [1.54, 1.807) is 12.1 Å². The molecule has 4 atom stereocenters. The highest BCUT2D eigenvalue weighted by Crippen LogP contribution is 2.51. The van der Waals surface area contributed by atoms with Crippen LogP contribution in [0.25, 0.3) is 0 Å². The fourth-order valence-electron chi connectivity index (χ4n) is 5.65. The van der Waals surface area contributed by atoms with Crippen molar-refractivity contribution in [2.24, 2.45) is 0 Å². The van der Waals surface area contributed by atoms with E-state index in [1.165, 1.54) is 36.4 Å². The Morgan fingerprint density at radius 1 is 0.719 bits per heavy atom. The third-order valence-electron chi connectivity index (χ3n) is 7.05. The van der Waals surface area contributed by atoms with Crippen LogP contribution in [0.3, 0.4) is 0 Å². The zero-order valence-electron chi connectivity index (χ0n) is 17.8. The summed E-state index contributed by atoms with van der Waals surface area (Å²) in [4.78, 5) is 2.53. The van der Waals surface area contributed by atoms with Gasteiger partial charge in [-0.05, 0) is 84.8 Å². The SMILES string of the molecule is Fc1ccc(OCCN2[C@H]3CC[C@@H]2[C@@H](c2ccc(F)cc2)[C@H](c2ccc(F)cc2)C3)cc1. The van der Waals surface area contributed by atoms with Crippen LogP contribution in [0.2, 0.25) is 0 Å². The smallest absolute Gasteiger partial charge is 0.123 e. The van der Waals surface area contributed by atoms with Crippen LogP contribution in [0.15, 0.2) is 72.8 Å². The van der Waals surface area contributed by atoms with Gasteiger partial charge in [0.15, 0.2) is 0 Å². The molecular weight excluding hydrogens is 411 g/mol. The van der Waals surface area contributed by atoms with Gasteiger partial charge in [0.2, 0.25) is 0 Å². The van der Waals surface area contributed by atoms with Gasteiger partial charge in [-0.1, -0.05) is 24.3 Å². The van der Waals surface area contributed by atoms with E-state index in [-0.39, 0.29) is 29.3 Å². The molecule has 166 valence electrons. The first-order valence-corrected chi connectivity index (χ1v) is 11.2. The molecule has 2 fully saturated rings. The van der Waals surface area contributed by atoms with E-state index in [4.69, 9.17) is 4.74 Å². The lowest BCUT2D eigenvalue weighted by Gasteiger charge is -2.45. The molecule has 3 aromatic carbocycles. The highest BCUT2D eigenvalue weighted by molar-refractivity contribution is 5.33. The Morgan fingerprint density at radius 2 is 1.28 bits per heavy atom. The van der Waals surface area contributed by atoms with Crippen LogP contribution in [-0.2, 0) is 0 Å². The van der Waals surface area contributed by atoms with Crippen molar-refractivity contribution in [2.75, 3.05) is 13.2 Å². The van der Waals surface area contributed by atoms with Crippen LogP contribution in [0.1, 0.15) is 42.2 Å². The minimum atomic E-state index is -0.277. The molecule has 5 rings (SSSR count). The van der Waals surface area contributed by atoms with Crippen molar-refractivity contribution in [1.29, 1.82) is 0 Å². The summed E-state index contributed by atoms with van der Waals surface area (Å²) in [5, 5.41) is 0. The first kappa shape index (κ1) is 21.1. The van der Waals surface area contributed by atoms with Crippen LogP contribution >= 0.6 is 0 Å². The van der Waals surface area contributed by atoms with Crippen molar-refractivity contribution >= 4 is 0 Å². The van der Waals surface area contributed by atoms with E-state index in [0.717, 1.165) is 36.9 Å². The topological polar surface area (TPSA) is 12.5 Å². The number of ether oxygens (including phenoxy) is 1. The van der Waals surface area contributed by atoms with Crippen LogP contribution in [0.5, 0.6) is 5.75 Å². The van der Waals surface area contributed by atoms with Crippen LogP contribution in [-0.4, -0.2) is 30.1 Å². The first-order chi connectivity index (χ1) is 15.6. The van der Waals surface area contributed by atoms with Gasteiger partial charge in [0.25, 0.3) is 0 Å². The van der Waals surface area contributed by atoms with Crippen molar-refractivity contribution < 1.29 is 17.9 Å². The molecule has 0 N–H and O–H groups in total. The molecule has 5 heteroatoms. The minimum Gasteiger partial charge on any atom is -0.492 e. The molecule has 0 amide bonds. The molecule has 0 aromatic heterocycles. The highest BCUT2D eigenvalue weighted by Gasteiger charge is 2.47. The van der Waals surface area contributed by atoms with Gasteiger partial charge in [0.05, 0.1) is 0 Å². The molecule has 2 saturated heterocycles. The van der Waals surface area contributed by atoms with E-state index < -0.39 is 0 Å². The third kappa shape index (κ3) is 4.26. The predicted octanol–water partition coefficient (Wildman–Crippen LogP) is 6.29. The summed E-state index contributed by atoms with van der Waals surface area (Å²) in [7, 11) is 0. The maximum atomic E-state index is 13.6. The van der Waals surface area contributed by atoms with E-state index >= 15 is 0 Å². The quantitative estimate of drug-likeness (QED) is 0.450. The summed E-state index contributed by atoms with van der Waals surface area (Å²) in [5.74, 6) is 0.371. The van der Waals surface area contributed by atoms with E-state index in [2.05, 4.69) is 4.90 Å². The fraction of sp³-hybridized carbons (Fsp3) is 0.333. The van der Waals surface area contributed by atoms with Crippen molar-refractivity contribution in [2.45, 2.75) is 43.2 Å². The molecular formula is C27H26F3NO. The first-order valence-electron chi connectivity index (χ1n) is 11.2. The van der Waals surface area contributed by atoms with Crippen molar-refractivity contribution in [3.63, 3.8) is 0 Å². The lowest BCUT2D eigenvalue weighted by atomic mass is 9.72. The van der Waals surface area contributed by atoms with Crippen molar-refractivity contribution in [3.8, 4) is 5.75 Å². The van der Waals surface area contributed by atoms with Gasteiger partial charge < -0.3 is 4.74 Å². The summed E-state index contributed by atoms with van der Waals surface area (Å²) in [6, 6.07) is 20.5. The second-order valence-electron chi connectivity index (χ2n) is 8.81. The number of hydrogen-bond acceptors (Lipinski definition) is 2. The number of rotatable bonds is 6. The molecule has 0 aliphatic carbocycles. The fourth-order valence-corrected chi connectivity index (χ4v) is 5.65. The number of piperidine rings is 1. The minimum absolute atomic E-state index is 0.200. The van der Waals surface area contributed by atoms with E-state index in [9.17, 15) is 13.2 Å². The van der Waals surface area contributed by atoms with Crippen LogP contribution < -0.4 is 4.74 Å². The Balaban J connectivity index is 1.38. The number of fused-ring (bicyclic) bond motifs is 2. The molecule has 3 aromatic rings. The second kappa shape index (κ2) is 8.99. The third-order valence-corrected chi connectivity index (χ3v) is 7.05. The van der Waals surface area contributed by atoms with Crippen molar-refractivity contribution in [3.05, 3.63) is 101 Å². The molecule has 2 aliphatic heterocycles. The largest absolute Gasteiger partial charge is 0.492 e. The lowest BCUT2D eigenvalue weighted by Crippen LogP contribution is -2.48. The molecule has 0 spiro atoms. The van der Waals surface area contributed by atoms with Gasteiger partial charge in [-0.3, -0.25) is 4.90 Å². The van der Waals surface area contributed by atoms with Crippen LogP contribution in [0, 0.1) is 17.5 Å². The Morgan fingerprint density at radius 3 is 1.91 bits per heavy atom. The molecule has 0 radical (unpaired) electrons. The Hall–Kier alpha value is -2.79. The van der Waals surface area contributed by atoms with Gasteiger partial charge >= 0.3 is 0 Å². The maximum absolute atomic E-state index is 13.6. The predicted molar refractivity (Wildman–Crippen MR) is 118 cm³/mol. The molecule has 2 bridgehead atoms. The summed E-state index contributed by atoms with van der Waals surface area (Å²) < 4.78 is 46.2. The van der Waals surface area contributed by atoms with Gasteiger partial charge in [0, 0.05) is 24.5 Å². The normalized spacial score (nSPS) is 25.1. The number of nitrogens with zero attached hydrogens (tertiary/aromatic N) is 1. The Bertz CT molecular complexity index is 1040. The molecule has 32 heavy (non-hydrogen) atoms. The van der Waals surface area contributed by atoms with Gasteiger partial charge in [-0.25, -0.2) is 13.2 Å². The molecule has 0 saturated carbocycles.